The number of aromatic nitrogens is 3. The van der Waals surface area contributed by atoms with Gasteiger partial charge >= 0.3 is 0 Å². The van der Waals surface area contributed by atoms with Gasteiger partial charge in [-0.1, -0.05) is 27.7 Å². The number of benzene rings is 1. The quantitative estimate of drug-likeness (QED) is 0.556. The maximum atomic E-state index is 12.7. The van der Waals surface area contributed by atoms with Gasteiger partial charge in [0.25, 0.3) is 5.91 Å². The minimum atomic E-state index is -0.175. The van der Waals surface area contributed by atoms with Gasteiger partial charge in [-0.3, -0.25) is 9.59 Å². The van der Waals surface area contributed by atoms with Crippen molar-refractivity contribution in [3.63, 3.8) is 0 Å². The minimum Gasteiger partial charge on any atom is -0.494 e. The van der Waals surface area contributed by atoms with E-state index in [9.17, 15) is 9.59 Å². The zero-order valence-corrected chi connectivity index (χ0v) is 19.9. The molecular weight excluding hydrogens is 406 g/mol. The summed E-state index contributed by atoms with van der Waals surface area (Å²) in [7, 11) is 5.35. The van der Waals surface area contributed by atoms with E-state index in [-0.39, 0.29) is 17.7 Å². The highest BCUT2D eigenvalue weighted by Gasteiger charge is 2.25. The van der Waals surface area contributed by atoms with Crippen molar-refractivity contribution in [2.45, 2.75) is 34.1 Å². The lowest BCUT2D eigenvalue weighted by Crippen LogP contribution is -2.27. The van der Waals surface area contributed by atoms with Crippen molar-refractivity contribution in [3.8, 4) is 17.3 Å². The molecule has 0 saturated heterocycles. The van der Waals surface area contributed by atoms with E-state index in [1.807, 2.05) is 69.1 Å². The van der Waals surface area contributed by atoms with Crippen molar-refractivity contribution in [2.75, 3.05) is 19.0 Å². The number of carbonyl (C=O) groups is 2. The number of rotatable bonds is 8. The number of aryl methyl sites for hydroxylation is 2. The highest BCUT2D eigenvalue weighted by molar-refractivity contribution is 5.99. The maximum absolute atomic E-state index is 12.7. The first-order chi connectivity index (χ1) is 15.1. The maximum Gasteiger partial charge on any atom is 0.256 e. The van der Waals surface area contributed by atoms with E-state index in [0.29, 0.717) is 47.4 Å². The van der Waals surface area contributed by atoms with Gasteiger partial charge in [0, 0.05) is 38.9 Å². The van der Waals surface area contributed by atoms with E-state index < -0.39 is 0 Å². The van der Waals surface area contributed by atoms with Crippen molar-refractivity contribution < 1.29 is 14.3 Å². The zero-order chi connectivity index (χ0) is 23.6. The van der Waals surface area contributed by atoms with E-state index in [0.717, 1.165) is 11.0 Å². The number of imidazole rings is 1. The molecule has 0 radical (unpaired) electrons. The monoisotopic (exact) mass is 439 g/mol. The van der Waals surface area contributed by atoms with Gasteiger partial charge in [0.15, 0.2) is 11.6 Å². The van der Waals surface area contributed by atoms with Gasteiger partial charge in [0.2, 0.25) is 5.91 Å². The summed E-state index contributed by atoms with van der Waals surface area (Å²) in [5, 5.41) is 5.88. The molecule has 0 unspecified atom stereocenters. The van der Waals surface area contributed by atoms with Crippen LogP contribution in [0, 0.1) is 11.8 Å². The average Bonchev–Trinajstić information content (AvgIpc) is 3.21. The summed E-state index contributed by atoms with van der Waals surface area (Å²) in [6.07, 6.45) is 2.23. The molecule has 3 aromatic rings. The summed E-state index contributed by atoms with van der Waals surface area (Å²) in [6.45, 7) is 8.71. The van der Waals surface area contributed by atoms with Crippen LogP contribution < -0.4 is 15.4 Å². The fraction of sp³-hybridized carbons (Fsp3) is 0.458. The molecule has 0 spiro atoms. The minimum absolute atomic E-state index is 0.0170. The van der Waals surface area contributed by atoms with E-state index in [1.165, 1.54) is 0 Å². The predicted molar refractivity (Wildman–Crippen MR) is 127 cm³/mol. The molecular formula is C24H33N5O3. The first-order valence-corrected chi connectivity index (χ1v) is 10.9. The Morgan fingerprint density at radius 2 is 1.84 bits per heavy atom. The Bertz CT molecular complexity index is 1140. The van der Waals surface area contributed by atoms with E-state index in [1.54, 1.807) is 13.3 Å². The fourth-order valence-corrected chi connectivity index (χ4v) is 3.70. The number of hydrogen-bond acceptors (Lipinski definition) is 4. The van der Waals surface area contributed by atoms with Crippen LogP contribution in [-0.4, -0.2) is 39.6 Å². The number of carbonyl (C=O) groups excluding carboxylic acids is 2. The SMILES string of the molecule is COc1c(C(=O)NCC(C)C)cn(C)c1-c1nc2cc(NC(=O)CC(C)C)ccc2n1C. The Morgan fingerprint density at radius 1 is 1.12 bits per heavy atom. The molecule has 8 heteroatoms. The topological polar surface area (TPSA) is 90.2 Å². The van der Waals surface area contributed by atoms with Crippen molar-refractivity contribution in [1.29, 1.82) is 0 Å². The average molecular weight is 440 g/mol. The lowest BCUT2D eigenvalue weighted by Gasteiger charge is -2.09. The molecule has 0 saturated carbocycles. The molecule has 2 amide bonds. The zero-order valence-electron chi connectivity index (χ0n) is 19.9. The highest BCUT2D eigenvalue weighted by Crippen LogP contribution is 2.36. The molecule has 0 aliphatic heterocycles. The smallest absolute Gasteiger partial charge is 0.256 e. The molecule has 8 nitrogen and oxygen atoms in total. The van der Waals surface area contributed by atoms with Gasteiger partial charge in [-0.2, -0.15) is 0 Å². The second-order valence-electron chi connectivity index (χ2n) is 8.98. The summed E-state index contributed by atoms with van der Waals surface area (Å²) < 4.78 is 9.47. The molecule has 2 N–H and O–H groups in total. The molecule has 2 aromatic heterocycles. The Labute approximate surface area is 189 Å². The third-order valence-corrected chi connectivity index (χ3v) is 5.22. The number of hydrogen-bond donors (Lipinski definition) is 2. The Morgan fingerprint density at radius 3 is 2.47 bits per heavy atom. The first-order valence-electron chi connectivity index (χ1n) is 10.9. The first kappa shape index (κ1) is 23.4. The van der Waals surface area contributed by atoms with Crippen LogP contribution >= 0.6 is 0 Å². The number of fused-ring (bicyclic) bond motifs is 1. The molecule has 2 heterocycles. The Kier molecular flexibility index (Phi) is 6.91. The van der Waals surface area contributed by atoms with Crippen LogP contribution in [0.15, 0.2) is 24.4 Å². The number of ether oxygens (including phenoxy) is 1. The number of methoxy groups -OCH3 is 1. The number of anilines is 1. The van der Waals surface area contributed by atoms with Crippen molar-refractivity contribution in [3.05, 3.63) is 30.0 Å². The summed E-state index contributed by atoms with van der Waals surface area (Å²) in [4.78, 5) is 29.7. The van der Waals surface area contributed by atoms with Crippen LogP contribution in [0.2, 0.25) is 0 Å². The third-order valence-electron chi connectivity index (χ3n) is 5.22. The lowest BCUT2D eigenvalue weighted by atomic mass is 10.1. The van der Waals surface area contributed by atoms with Crippen LogP contribution in [-0.2, 0) is 18.9 Å². The summed E-state index contributed by atoms with van der Waals surface area (Å²) >= 11 is 0. The van der Waals surface area contributed by atoms with E-state index in [2.05, 4.69) is 10.6 Å². The standard InChI is InChI=1S/C24H33N5O3/c1-14(2)10-20(30)26-16-8-9-19-18(11-16)27-23(29(19)6)21-22(32-7)17(13-28(21)5)24(31)25-12-15(3)4/h8-9,11,13-15H,10,12H2,1-7H3,(H,25,31)(H,26,30). The molecule has 1 aromatic carbocycles. The highest BCUT2D eigenvalue weighted by atomic mass is 16.5. The Hall–Kier alpha value is -3.29. The summed E-state index contributed by atoms with van der Waals surface area (Å²) in [5.74, 6) is 1.61. The molecule has 0 fully saturated rings. The summed E-state index contributed by atoms with van der Waals surface area (Å²) in [6, 6.07) is 5.67. The number of nitrogens with one attached hydrogen (secondary N) is 2. The van der Waals surface area contributed by atoms with Crippen LogP contribution in [0.1, 0.15) is 44.5 Å². The normalized spacial score (nSPS) is 11.4. The molecule has 0 aliphatic carbocycles. The second-order valence-corrected chi connectivity index (χ2v) is 8.98. The van der Waals surface area contributed by atoms with Gasteiger partial charge in [0.1, 0.15) is 5.69 Å². The third kappa shape index (κ3) is 4.79. The summed E-state index contributed by atoms with van der Waals surface area (Å²) in [5.41, 5.74) is 3.56. The largest absolute Gasteiger partial charge is 0.494 e. The van der Waals surface area contributed by atoms with Gasteiger partial charge in [0.05, 0.1) is 23.7 Å². The molecule has 0 bridgehead atoms. The van der Waals surface area contributed by atoms with Gasteiger partial charge in [-0.25, -0.2) is 4.98 Å². The van der Waals surface area contributed by atoms with Crippen molar-refractivity contribution in [2.24, 2.45) is 25.9 Å². The van der Waals surface area contributed by atoms with Crippen molar-refractivity contribution in [1.82, 2.24) is 19.4 Å². The number of amides is 2. The molecule has 0 atom stereocenters. The van der Waals surface area contributed by atoms with Crippen LogP contribution in [0.25, 0.3) is 22.6 Å². The van der Waals surface area contributed by atoms with E-state index in [4.69, 9.17) is 9.72 Å². The van der Waals surface area contributed by atoms with Crippen molar-refractivity contribution >= 4 is 28.5 Å². The van der Waals surface area contributed by atoms with Crippen LogP contribution in [0.3, 0.4) is 0 Å². The predicted octanol–water partition coefficient (Wildman–Crippen LogP) is 3.96. The second kappa shape index (κ2) is 9.46. The Balaban J connectivity index is 1.99. The van der Waals surface area contributed by atoms with Gasteiger partial charge in [-0.05, 0) is 30.0 Å². The molecule has 32 heavy (non-hydrogen) atoms. The molecule has 172 valence electrons. The number of nitrogens with zero attached hydrogens (tertiary/aromatic N) is 3. The van der Waals surface area contributed by atoms with E-state index >= 15 is 0 Å². The lowest BCUT2D eigenvalue weighted by molar-refractivity contribution is -0.116. The molecule has 0 aliphatic rings. The van der Waals surface area contributed by atoms with Gasteiger partial charge < -0.3 is 24.5 Å². The van der Waals surface area contributed by atoms with Gasteiger partial charge in [-0.15, -0.1) is 0 Å². The molecule has 3 rings (SSSR count). The fourth-order valence-electron chi connectivity index (χ4n) is 3.70. The van der Waals surface area contributed by atoms with Crippen LogP contribution in [0.4, 0.5) is 5.69 Å². The van der Waals surface area contributed by atoms with Crippen LogP contribution in [0.5, 0.6) is 5.75 Å².